The lowest BCUT2D eigenvalue weighted by atomic mass is 9.78. The van der Waals surface area contributed by atoms with Crippen LogP contribution in [0.25, 0.3) is 0 Å². The predicted octanol–water partition coefficient (Wildman–Crippen LogP) is 1.76. The SMILES string of the molecule is COC(=O)N1C2COCC1CC(N1CCC(C(=O)NC3(C)CCC3)CC1)C2. The summed E-state index contributed by atoms with van der Waals surface area (Å²) in [6.45, 7) is 5.30. The molecule has 3 saturated heterocycles. The first-order valence-corrected chi connectivity index (χ1v) is 10.5. The smallest absolute Gasteiger partial charge is 0.410 e. The van der Waals surface area contributed by atoms with E-state index in [1.54, 1.807) is 0 Å². The molecule has 0 aromatic rings. The van der Waals surface area contributed by atoms with Crippen LogP contribution in [0.15, 0.2) is 0 Å². The van der Waals surface area contributed by atoms with E-state index in [0.717, 1.165) is 51.6 Å². The first-order chi connectivity index (χ1) is 13.0. The number of nitrogens with one attached hydrogen (secondary N) is 1. The summed E-state index contributed by atoms with van der Waals surface area (Å²) in [5, 5.41) is 3.28. The van der Waals surface area contributed by atoms with Crippen LogP contribution in [-0.2, 0) is 14.3 Å². The van der Waals surface area contributed by atoms with Gasteiger partial charge in [0.2, 0.25) is 5.91 Å². The first-order valence-electron chi connectivity index (χ1n) is 10.5. The number of carbonyl (C=O) groups excluding carboxylic acids is 2. The van der Waals surface area contributed by atoms with Crippen LogP contribution in [0, 0.1) is 5.92 Å². The molecule has 152 valence electrons. The molecule has 0 spiro atoms. The van der Waals surface area contributed by atoms with Crippen LogP contribution in [0.2, 0.25) is 0 Å². The van der Waals surface area contributed by atoms with Crippen LogP contribution in [0.4, 0.5) is 4.79 Å². The van der Waals surface area contributed by atoms with E-state index < -0.39 is 0 Å². The Balaban J connectivity index is 1.30. The second-order valence-corrected chi connectivity index (χ2v) is 9.06. The highest BCUT2D eigenvalue weighted by atomic mass is 16.5. The van der Waals surface area contributed by atoms with Crippen molar-refractivity contribution in [2.45, 2.75) is 75.5 Å². The first kappa shape index (κ1) is 19.0. The van der Waals surface area contributed by atoms with Crippen molar-refractivity contribution in [1.29, 1.82) is 0 Å². The molecule has 7 nitrogen and oxygen atoms in total. The average molecular weight is 380 g/mol. The lowest BCUT2D eigenvalue weighted by Gasteiger charge is -2.50. The van der Waals surface area contributed by atoms with Crippen LogP contribution in [-0.4, -0.2) is 78.9 Å². The summed E-state index contributed by atoms with van der Waals surface area (Å²) in [6.07, 6.45) is 6.96. The zero-order valence-electron chi connectivity index (χ0n) is 16.6. The number of amides is 2. The minimum absolute atomic E-state index is 0.0480. The number of morpholine rings is 1. The standard InChI is InChI=1S/C20H33N3O4/c1-20(6-3-7-20)21-18(24)14-4-8-22(9-5-14)15-10-16-12-27-13-17(11-15)23(16)19(25)26-2/h14-17H,3-13H2,1-2H3,(H,21,24). The highest BCUT2D eigenvalue weighted by Crippen LogP contribution is 2.34. The quantitative estimate of drug-likeness (QED) is 0.809. The molecule has 4 rings (SSSR count). The van der Waals surface area contributed by atoms with Gasteiger partial charge in [-0.3, -0.25) is 9.69 Å². The van der Waals surface area contributed by atoms with E-state index in [-0.39, 0.29) is 35.5 Å². The van der Waals surface area contributed by atoms with Crippen molar-refractivity contribution >= 4 is 12.0 Å². The number of hydrogen-bond acceptors (Lipinski definition) is 5. The topological polar surface area (TPSA) is 71.1 Å². The Hall–Kier alpha value is -1.34. The molecule has 0 radical (unpaired) electrons. The highest BCUT2D eigenvalue weighted by molar-refractivity contribution is 5.79. The Morgan fingerprint density at radius 3 is 2.22 bits per heavy atom. The van der Waals surface area contributed by atoms with Crippen molar-refractivity contribution in [2.24, 2.45) is 5.92 Å². The number of methoxy groups -OCH3 is 1. The van der Waals surface area contributed by atoms with Crippen LogP contribution < -0.4 is 5.32 Å². The summed E-state index contributed by atoms with van der Waals surface area (Å²) in [6, 6.07) is 0.682. The second kappa shape index (κ2) is 7.59. The Bertz CT molecular complexity index is 558. The molecule has 2 amide bonds. The summed E-state index contributed by atoms with van der Waals surface area (Å²) in [5.74, 6) is 0.402. The highest BCUT2D eigenvalue weighted by Gasteiger charge is 2.44. The number of fused-ring (bicyclic) bond motifs is 2. The maximum absolute atomic E-state index is 12.6. The molecule has 4 fully saturated rings. The number of hydrogen-bond donors (Lipinski definition) is 1. The molecule has 2 unspecified atom stereocenters. The molecule has 3 aliphatic heterocycles. The largest absolute Gasteiger partial charge is 0.453 e. The van der Waals surface area contributed by atoms with Gasteiger partial charge in [-0.05, 0) is 65.0 Å². The fourth-order valence-electron chi connectivity index (χ4n) is 5.35. The molecule has 4 aliphatic rings. The Morgan fingerprint density at radius 2 is 1.70 bits per heavy atom. The third-order valence-electron chi connectivity index (χ3n) is 7.18. The van der Waals surface area contributed by atoms with Gasteiger partial charge < -0.3 is 19.7 Å². The van der Waals surface area contributed by atoms with Gasteiger partial charge in [0.05, 0.1) is 32.4 Å². The fourth-order valence-corrected chi connectivity index (χ4v) is 5.35. The van der Waals surface area contributed by atoms with Crippen molar-refractivity contribution in [1.82, 2.24) is 15.1 Å². The number of piperidine rings is 2. The molecule has 3 heterocycles. The molecular weight excluding hydrogens is 346 g/mol. The van der Waals surface area contributed by atoms with Gasteiger partial charge in [0.1, 0.15) is 0 Å². The van der Waals surface area contributed by atoms with Crippen LogP contribution in [0.1, 0.15) is 51.9 Å². The Labute approximate surface area is 161 Å². The summed E-state index contributed by atoms with van der Waals surface area (Å²) in [5.41, 5.74) is 0.0480. The van der Waals surface area contributed by atoms with E-state index in [0.29, 0.717) is 19.3 Å². The van der Waals surface area contributed by atoms with Crippen molar-refractivity contribution < 1.29 is 19.1 Å². The molecule has 2 atom stereocenters. The van der Waals surface area contributed by atoms with Gasteiger partial charge in [0, 0.05) is 17.5 Å². The lowest BCUT2D eigenvalue weighted by Crippen LogP contribution is -2.63. The van der Waals surface area contributed by atoms with Crippen molar-refractivity contribution in [3.8, 4) is 0 Å². The molecule has 7 heteroatoms. The average Bonchev–Trinajstić information content (AvgIpc) is 2.65. The van der Waals surface area contributed by atoms with Gasteiger partial charge in [-0.25, -0.2) is 4.79 Å². The maximum Gasteiger partial charge on any atom is 0.410 e. The van der Waals surface area contributed by atoms with Crippen LogP contribution in [0.5, 0.6) is 0 Å². The molecule has 1 N–H and O–H groups in total. The third-order valence-corrected chi connectivity index (χ3v) is 7.18. The molecular formula is C20H33N3O4. The Kier molecular flexibility index (Phi) is 5.34. The summed E-state index contributed by atoms with van der Waals surface area (Å²) in [7, 11) is 1.45. The fraction of sp³-hybridized carbons (Fsp3) is 0.900. The summed E-state index contributed by atoms with van der Waals surface area (Å²) < 4.78 is 10.7. The van der Waals surface area contributed by atoms with Crippen molar-refractivity contribution in [2.75, 3.05) is 33.4 Å². The van der Waals surface area contributed by atoms with E-state index in [4.69, 9.17) is 9.47 Å². The van der Waals surface area contributed by atoms with Gasteiger partial charge in [0.25, 0.3) is 0 Å². The number of rotatable bonds is 3. The van der Waals surface area contributed by atoms with E-state index >= 15 is 0 Å². The van der Waals surface area contributed by atoms with Crippen LogP contribution >= 0.6 is 0 Å². The van der Waals surface area contributed by atoms with Crippen molar-refractivity contribution in [3.63, 3.8) is 0 Å². The lowest BCUT2D eigenvalue weighted by molar-refractivity contribution is -0.130. The molecule has 0 aromatic heterocycles. The van der Waals surface area contributed by atoms with E-state index in [1.165, 1.54) is 13.5 Å². The number of ether oxygens (including phenoxy) is 2. The number of carbonyl (C=O) groups is 2. The van der Waals surface area contributed by atoms with E-state index in [1.807, 2.05) is 4.90 Å². The molecule has 0 aromatic carbocycles. The van der Waals surface area contributed by atoms with E-state index in [2.05, 4.69) is 17.1 Å². The van der Waals surface area contributed by atoms with Gasteiger partial charge in [-0.15, -0.1) is 0 Å². The molecule has 1 saturated carbocycles. The number of likely N-dealkylation sites (tertiary alicyclic amines) is 1. The Morgan fingerprint density at radius 1 is 1.07 bits per heavy atom. The predicted molar refractivity (Wildman–Crippen MR) is 100 cm³/mol. The third kappa shape index (κ3) is 3.81. The maximum atomic E-state index is 12.6. The van der Waals surface area contributed by atoms with Gasteiger partial charge in [-0.1, -0.05) is 0 Å². The zero-order valence-corrected chi connectivity index (χ0v) is 16.6. The van der Waals surface area contributed by atoms with E-state index in [9.17, 15) is 9.59 Å². The normalized spacial score (nSPS) is 33.9. The van der Waals surface area contributed by atoms with Crippen LogP contribution in [0.3, 0.4) is 0 Å². The molecule has 2 bridgehead atoms. The summed E-state index contributed by atoms with van der Waals surface area (Å²) in [4.78, 5) is 29.1. The number of nitrogens with zero attached hydrogens (tertiary/aromatic N) is 2. The van der Waals surface area contributed by atoms with Crippen molar-refractivity contribution in [3.05, 3.63) is 0 Å². The molecule has 27 heavy (non-hydrogen) atoms. The summed E-state index contributed by atoms with van der Waals surface area (Å²) >= 11 is 0. The van der Waals surface area contributed by atoms with Gasteiger partial charge in [0.15, 0.2) is 0 Å². The minimum Gasteiger partial charge on any atom is -0.453 e. The van der Waals surface area contributed by atoms with Gasteiger partial charge in [-0.2, -0.15) is 0 Å². The zero-order chi connectivity index (χ0) is 19.0. The van der Waals surface area contributed by atoms with Gasteiger partial charge >= 0.3 is 6.09 Å². The molecule has 1 aliphatic carbocycles. The minimum atomic E-state index is -0.230. The second-order valence-electron chi connectivity index (χ2n) is 9.06. The monoisotopic (exact) mass is 379 g/mol.